The second-order valence-corrected chi connectivity index (χ2v) is 8.90. The third-order valence-electron chi connectivity index (χ3n) is 5.56. The summed E-state index contributed by atoms with van der Waals surface area (Å²) < 4.78 is 11.0. The van der Waals surface area contributed by atoms with E-state index in [9.17, 15) is 9.59 Å². The highest BCUT2D eigenvalue weighted by Crippen LogP contribution is 2.40. The minimum absolute atomic E-state index is 0.248. The molecule has 0 saturated heterocycles. The number of esters is 1. The van der Waals surface area contributed by atoms with Gasteiger partial charge >= 0.3 is 5.97 Å². The molecule has 0 unspecified atom stereocenters. The van der Waals surface area contributed by atoms with Crippen molar-refractivity contribution in [2.45, 2.75) is 59.5 Å². The number of amides is 1. The lowest BCUT2D eigenvalue weighted by atomic mass is 9.88. The molecule has 0 aliphatic heterocycles. The third kappa shape index (κ3) is 4.64. The summed E-state index contributed by atoms with van der Waals surface area (Å²) in [6.07, 6.45) is 2.68. The molecule has 1 aliphatic carbocycles. The van der Waals surface area contributed by atoms with Gasteiger partial charge in [0, 0.05) is 4.88 Å². The van der Waals surface area contributed by atoms with Crippen LogP contribution in [-0.4, -0.2) is 25.1 Å². The van der Waals surface area contributed by atoms with E-state index in [4.69, 9.17) is 9.47 Å². The van der Waals surface area contributed by atoms with Crippen molar-refractivity contribution in [1.82, 2.24) is 0 Å². The quantitative estimate of drug-likeness (QED) is 0.669. The fourth-order valence-electron chi connectivity index (χ4n) is 3.62. The minimum atomic E-state index is -0.638. The van der Waals surface area contributed by atoms with Gasteiger partial charge in [0.1, 0.15) is 10.8 Å². The van der Waals surface area contributed by atoms with Crippen LogP contribution in [-0.2, 0) is 22.4 Å². The molecule has 156 valence electrons. The first-order valence-corrected chi connectivity index (χ1v) is 10.9. The predicted octanol–water partition coefficient (Wildman–Crippen LogP) is 5.07. The molecule has 1 aromatic carbocycles. The molecular weight excluding hydrogens is 386 g/mol. The monoisotopic (exact) mass is 415 g/mol. The predicted molar refractivity (Wildman–Crippen MR) is 116 cm³/mol. The van der Waals surface area contributed by atoms with Crippen LogP contribution >= 0.6 is 11.3 Å². The first-order valence-electron chi connectivity index (χ1n) is 10.1. The van der Waals surface area contributed by atoms with E-state index in [0.29, 0.717) is 28.7 Å². The fraction of sp³-hybridized carbons (Fsp3) is 0.478. The molecule has 3 rings (SSSR count). The van der Waals surface area contributed by atoms with Gasteiger partial charge in [0.25, 0.3) is 5.91 Å². The maximum Gasteiger partial charge on any atom is 0.341 e. The number of carbonyl (C=O) groups excluding carboxylic acids is 2. The van der Waals surface area contributed by atoms with Crippen LogP contribution in [0.25, 0.3) is 0 Å². The Morgan fingerprint density at radius 1 is 1.28 bits per heavy atom. The molecule has 1 heterocycles. The molecule has 1 aliphatic rings. The van der Waals surface area contributed by atoms with Crippen molar-refractivity contribution in [3.8, 4) is 5.75 Å². The van der Waals surface area contributed by atoms with Crippen LogP contribution in [0.3, 0.4) is 0 Å². The molecule has 0 spiro atoms. The number of methoxy groups -OCH3 is 1. The van der Waals surface area contributed by atoms with Crippen molar-refractivity contribution in [2.75, 3.05) is 12.4 Å². The van der Waals surface area contributed by atoms with Gasteiger partial charge in [0.15, 0.2) is 6.10 Å². The molecule has 1 N–H and O–H groups in total. The highest BCUT2D eigenvalue weighted by atomic mass is 32.1. The first kappa shape index (κ1) is 21.4. The lowest BCUT2D eigenvalue weighted by molar-refractivity contribution is -0.122. The average Bonchev–Trinajstić information content (AvgIpc) is 3.04. The van der Waals surface area contributed by atoms with Crippen LogP contribution in [0.1, 0.15) is 58.6 Å². The summed E-state index contributed by atoms with van der Waals surface area (Å²) in [6.45, 7) is 8.18. The van der Waals surface area contributed by atoms with Crippen LogP contribution in [0.4, 0.5) is 5.00 Å². The van der Waals surface area contributed by atoms with E-state index in [2.05, 4.69) is 12.2 Å². The summed E-state index contributed by atoms with van der Waals surface area (Å²) in [5, 5.41) is 3.52. The Labute approximate surface area is 176 Å². The Morgan fingerprint density at radius 3 is 2.69 bits per heavy atom. The lowest BCUT2D eigenvalue weighted by Gasteiger charge is -2.18. The van der Waals surface area contributed by atoms with Crippen molar-refractivity contribution in [3.05, 3.63) is 45.3 Å². The number of hydrogen-bond acceptors (Lipinski definition) is 5. The molecule has 1 amide bonds. The molecule has 0 radical (unpaired) electrons. The van der Waals surface area contributed by atoms with Gasteiger partial charge in [-0.2, -0.15) is 0 Å². The van der Waals surface area contributed by atoms with Crippen molar-refractivity contribution >= 4 is 28.2 Å². The van der Waals surface area contributed by atoms with Gasteiger partial charge in [0.05, 0.1) is 12.7 Å². The maximum absolute atomic E-state index is 13.0. The molecule has 2 aromatic rings. The van der Waals surface area contributed by atoms with Crippen LogP contribution in [0.5, 0.6) is 5.75 Å². The number of fused-ring (bicyclic) bond motifs is 1. The Balaban J connectivity index is 1.82. The molecule has 2 atom stereocenters. The van der Waals surface area contributed by atoms with E-state index in [1.807, 2.05) is 39.0 Å². The number of anilines is 1. The molecule has 0 bridgehead atoms. The van der Waals surface area contributed by atoms with E-state index < -0.39 is 12.1 Å². The number of nitrogens with one attached hydrogen (secondary N) is 1. The molecule has 0 fully saturated rings. The third-order valence-corrected chi connectivity index (χ3v) is 6.73. The Bertz CT molecular complexity index is 918. The average molecular weight is 416 g/mol. The van der Waals surface area contributed by atoms with E-state index in [-0.39, 0.29) is 5.91 Å². The molecule has 1 aromatic heterocycles. The van der Waals surface area contributed by atoms with E-state index >= 15 is 0 Å². The minimum Gasteiger partial charge on any atom is -0.481 e. The fourth-order valence-corrected chi connectivity index (χ4v) is 5.02. The summed E-state index contributed by atoms with van der Waals surface area (Å²) in [5.41, 5.74) is 3.83. The van der Waals surface area contributed by atoms with Gasteiger partial charge < -0.3 is 14.8 Å². The van der Waals surface area contributed by atoms with Gasteiger partial charge in [-0.3, -0.25) is 4.79 Å². The number of hydrogen-bond donors (Lipinski definition) is 1. The number of thiophene rings is 1. The zero-order chi connectivity index (χ0) is 21.1. The van der Waals surface area contributed by atoms with Crippen molar-refractivity contribution in [3.63, 3.8) is 0 Å². The van der Waals surface area contributed by atoms with E-state index in [1.54, 1.807) is 0 Å². The van der Waals surface area contributed by atoms with Crippen molar-refractivity contribution in [1.29, 1.82) is 0 Å². The standard InChI is InChI=1S/C23H29NO4S/c1-6-18(28-16-9-8-14(3)15(4)12-16)21(25)24-22-20(23(26)27-5)17-10-7-13(2)11-19(17)29-22/h8-9,12-13,18H,6-7,10-11H2,1-5H3,(H,24,25)/t13-,18-/m1/s1. The zero-order valence-corrected chi connectivity index (χ0v) is 18.6. The van der Waals surface area contributed by atoms with Crippen LogP contribution in [0.15, 0.2) is 18.2 Å². The van der Waals surface area contributed by atoms with Gasteiger partial charge in [-0.15, -0.1) is 11.3 Å². The molecule has 29 heavy (non-hydrogen) atoms. The van der Waals surface area contributed by atoms with Crippen LogP contribution in [0, 0.1) is 19.8 Å². The lowest BCUT2D eigenvalue weighted by Crippen LogP contribution is -2.32. The second-order valence-electron chi connectivity index (χ2n) is 7.80. The summed E-state index contributed by atoms with van der Waals surface area (Å²) in [5.74, 6) is 0.604. The Kier molecular flexibility index (Phi) is 6.63. The summed E-state index contributed by atoms with van der Waals surface area (Å²) >= 11 is 1.49. The molecule has 5 nitrogen and oxygen atoms in total. The Morgan fingerprint density at radius 2 is 2.03 bits per heavy atom. The summed E-state index contributed by atoms with van der Waals surface area (Å²) in [6, 6.07) is 5.80. The number of carbonyl (C=O) groups is 2. The van der Waals surface area contributed by atoms with Crippen molar-refractivity contribution < 1.29 is 19.1 Å². The van der Waals surface area contributed by atoms with Gasteiger partial charge in [-0.1, -0.05) is 19.9 Å². The smallest absolute Gasteiger partial charge is 0.341 e. The van der Waals surface area contributed by atoms with E-state index in [0.717, 1.165) is 30.4 Å². The first-order chi connectivity index (χ1) is 13.8. The topological polar surface area (TPSA) is 64.6 Å². The number of ether oxygens (including phenoxy) is 2. The van der Waals surface area contributed by atoms with Gasteiger partial charge in [-0.25, -0.2) is 4.79 Å². The van der Waals surface area contributed by atoms with E-state index in [1.165, 1.54) is 28.9 Å². The SMILES string of the molecule is CC[C@@H](Oc1ccc(C)c(C)c1)C(=O)Nc1sc2c(c1C(=O)OC)CC[C@@H](C)C2. The number of aryl methyl sites for hydroxylation is 2. The zero-order valence-electron chi connectivity index (χ0n) is 17.8. The van der Waals surface area contributed by atoms with Crippen LogP contribution < -0.4 is 10.1 Å². The number of benzene rings is 1. The summed E-state index contributed by atoms with van der Waals surface area (Å²) in [4.78, 5) is 26.6. The molecule has 0 saturated carbocycles. The largest absolute Gasteiger partial charge is 0.481 e. The highest BCUT2D eigenvalue weighted by molar-refractivity contribution is 7.17. The highest BCUT2D eigenvalue weighted by Gasteiger charge is 2.30. The van der Waals surface area contributed by atoms with Crippen molar-refractivity contribution in [2.24, 2.45) is 5.92 Å². The number of rotatable bonds is 6. The van der Waals surface area contributed by atoms with Crippen LogP contribution in [0.2, 0.25) is 0 Å². The Hall–Kier alpha value is -2.34. The van der Waals surface area contributed by atoms with Gasteiger partial charge in [-0.05, 0) is 74.3 Å². The maximum atomic E-state index is 13.0. The second kappa shape index (κ2) is 8.99. The molecular formula is C23H29NO4S. The molecule has 6 heteroatoms. The van der Waals surface area contributed by atoms with Gasteiger partial charge in [0.2, 0.25) is 0 Å². The normalized spacial score (nSPS) is 16.7. The summed E-state index contributed by atoms with van der Waals surface area (Å²) in [7, 11) is 1.38.